The molecule has 0 bridgehead atoms. The summed E-state index contributed by atoms with van der Waals surface area (Å²) in [6, 6.07) is 1.59. The van der Waals surface area contributed by atoms with E-state index in [0.29, 0.717) is 0 Å². The molecule has 10 heavy (non-hydrogen) atoms. The molecule has 54 valence electrons. The van der Waals surface area contributed by atoms with Gasteiger partial charge in [0.05, 0.1) is 0 Å². The first-order valence-corrected chi connectivity index (χ1v) is 2.93. The first-order valence-electron chi connectivity index (χ1n) is 2.93. The Kier molecular flexibility index (Phi) is 3.20. The van der Waals surface area contributed by atoms with Crippen LogP contribution >= 0.6 is 0 Å². The number of aliphatic carboxylic acids is 1. The van der Waals surface area contributed by atoms with Gasteiger partial charge < -0.3 is 5.11 Å². The van der Waals surface area contributed by atoms with E-state index in [9.17, 15) is 4.79 Å². The van der Waals surface area contributed by atoms with Crippen molar-refractivity contribution in [3.8, 4) is 6.07 Å². The van der Waals surface area contributed by atoms with Crippen LogP contribution in [-0.2, 0) is 4.79 Å². The number of nitrogens with zero attached hydrogens (tertiary/aromatic N) is 1. The van der Waals surface area contributed by atoms with E-state index in [0.717, 1.165) is 0 Å². The first kappa shape index (κ1) is 8.70. The second-order valence-electron chi connectivity index (χ2n) is 2.24. The van der Waals surface area contributed by atoms with Crippen LogP contribution in [0.25, 0.3) is 0 Å². The van der Waals surface area contributed by atoms with Crippen molar-refractivity contribution in [1.29, 1.82) is 5.26 Å². The molecular formula is C7H9NO2. The maximum Gasteiger partial charge on any atom is 0.346 e. The number of nitriles is 1. The predicted molar refractivity (Wildman–Crippen MR) is 36.2 cm³/mol. The van der Waals surface area contributed by atoms with Crippen molar-refractivity contribution in [1.82, 2.24) is 0 Å². The van der Waals surface area contributed by atoms with Gasteiger partial charge in [-0.15, -0.1) is 0 Å². The van der Waals surface area contributed by atoms with E-state index in [2.05, 4.69) is 0 Å². The van der Waals surface area contributed by atoms with Gasteiger partial charge in [-0.05, 0) is 5.92 Å². The fourth-order valence-electron chi connectivity index (χ4n) is 0.490. The van der Waals surface area contributed by atoms with Crippen molar-refractivity contribution in [3.05, 3.63) is 11.6 Å². The van der Waals surface area contributed by atoms with Gasteiger partial charge in [-0.25, -0.2) is 4.79 Å². The van der Waals surface area contributed by atoms with Gasteiger partial charge in [-0.1, -0.05) is 19.9 Å². The summed E-state index contributed by atoms with van der Waals surface area (Å²) in [6.07, 6.45) is 1.42. The van der Waals surface area contributed by atoms with Gasteiger partial charge in [-0.2, -0.15) is 5.26 Å². The number of hydrogen-bond donors (Lipinski definition) is 1. The van der Waals surface area contributed by atoms with Crippen LogP contribution in [0.1, 0.15) is 13.8 Å². The number of carboxylic acid groups (broad SMARTS) is 1. The Bertz CT molecular complexity index is 198. The fourth-order valence-corrected chi connectivity index (χ4v) is 0.490. The second-order valence-corrected chi connectivity index (χ2v) is 2.24. The minimum Gasteiger partial charge on any atom is -0.477 e. The average molecular weight is 139 g/mol. The van der Waals surface area contributed by atoms with Crippen molar-refractivity contribution < 1.29 is 9.90 Å². The average Bonchev–Trinajstić information content (AvgIpc) is 1.81. The Morgan fingerprint density at radius 2 is 2.20 bits per heavy atom. The molecule has 0 aromatic heterocycles. The molecule has 0 saturated heterocycles. The van der Waals surface area contributed by atoms with Crippen LogP contribution in [0, 0.1) is 17.2 Å². The van der Waals surface area contributed by atoms with E-state index >= 15 is 0 Å². The molecule has 0 aliphatic carbocycles. The van der Waals surface area contributed by atoms with Crippen LogP contribution in [-0.4, -0.2) is 11.1 Å². The third-order valence-corrected chi connectivity index (χ3v) is 0.851. The Morgan fingerprint density at radius 3 is 2.30 bits per heavy atom. The summed E-state index contributed by atoms with van der Waals surface area (Å²) >= 11 is 0. The monoisotopic (exact) mass is 139 g/mol. The van der Waals surface area contributed by atoms with Gasteiger partial charge in [0.25, 0.3) is 0 Å². The third-order valence-electron chi connectivity index (χ3n) is 0.851. The molecule has 0 aliphatic heterocycles. The van der Waals surface area contributed by atoms with Crippen molar-refractivity contribution in [3.63, 3.8) is 0 Å². The van der Waals surface area contributed by atoms with Gasteiger partial charge in [-0.3, -0.25) is 0 Å². The smallest absolute Gasteiger partial charge is 0.346 e. The Balaban J connectivity index is 4.39. The number of carbonyl (C=O) groups is 1. The molecule has 0 atom stereocenters. The maximum atomic E-state index is 10.2. The number of rotatable bonds is 2. The lowest BCUT2D eigenvalue weighted by Gasteiger charge is -1.93. The minimum atomic E-state index is -1.16. The van der Waals surface area contributed by atoms with Gasteiger partial charge in [0.15, 0.2) is 0 Å². The molecule has 0 radical (unpaired) electrons. The molecule has 3 nitrogen and oxygen atoms in total. The molecular weight excluding hydrogens is 130 g/mol. The summed E-state index contributed by atoms with van der Waals surface area (Å²) in [5, 5.41) is 16.6. The van der Waals surface area contributed by atoms with Crippen LogP contribution in [0.3, 0.4) is 0 Å². The predicted octanol–water partition coefficient (Wildman–Crippen LogP) is 1.18. The van der Waals surface area contributed by atoms with E-state index < -0.39 is 5.97 Å². The zero-order valence-corrected chi connectivity index (χ0v) is 5.96. The lowest BCUT2D eigenvalue weighted by Crippen LogP contribution is -1.99. The molecule has 0 aromatic rings. The molecule has 0 amide bonds. The highest BCUT2D eigenvalue weighted by Gasteiger charge is 2.04. The molecule has 0 unspecified atom stereocenters. The second kappa shape index (κ2) is 3.67. The van der Waals surface area contributed by atoms with Gasteiger partial charge >= 0.3 is 5.97 Å². The first-order chi connectivity index (χ1) is 4.57. The highest BCUT2D eigenvalue weighted by Crippen LogP contribution is 2.00. The van der Waals surface area contributed by atoms with Gasteiger partial charge in [0.2, 0.25) is 0 Å². The SMILES string of the molecule is CC(C)/C=C(/C#N)C(=O)O. The quantitative estimate of drug-likeness (QED) is 0.461. The highest BCUT2D eigenvalue weighted by molar-refractivity contribution is 5.90. The summed E-state index contributed by atoms with van der Waals surface area (Å²) in [5.74, 6) is -1.05. The lowest BCUT2D eigenvalue weighted by atomic mass is 10.1. The number of allylic oxidation sites excluding steroid dienone is 1. The summed E-state index contributed by atoms with van der Waals surface area (Å²) < 4.78 is 0. The normalized spacial score (nSPS) is 11.2. The van der Waals surface area contributed by atoms with E-state index in [4.69, 9.17) is 10.4 Å². The Labute approximate surface area is 59.6 Å². The van der Waals surface area contributed by atoms with Crippen molar-refractivity contribution in [2.45, 2.75) is 13.8 Å². The van der Waals surface area contributed by atoms with E-state index in [1.807, 2.05) is 13.8 Å². The van der Waals surface area contributed by atoms with Gasteiger partial charge in [0, 0.05) is 0 Å². The summed E-state index contributed by atoms with van der Waals surface area (Å²) in [5.41, 5.74) is -0.185. The zero-order valence-electron chi connectivity index (χ0n) is 5.96. The zero-order chi connectivity index (χ0) is 8.15. The molecule has 0 rings (SSSR count). The summed E-state index contributed by atoms with van der Waals surface area (Å²) in [7, 11) is 0. The van der Waals surface area contributed by atoms with Crippen LogP contribution < -0.4 is 0 Å². The van der Waals surface area contributed by atoms with Crippen molar-refractivity contribution >= 4 is 5.97 Å². The van der Waals surface area contributed by atoms with E-state index in [-0.39, 0.29) is 11.5 Å². The standard InChI is InChI=1S/C7H9NO2/c1-5(2)3-6(4-8)7(9)10/h3,5H,1-2H3,(H,9,10)/b6-3-. The largest absolute Gasteiger partial charge is 0.477 e. The van der Waals surface area contributed by atoms with Crippen LogP contribution in [0.4, 0.5) is 0 Å². The van der Waals surface area contributed by atoms with Crippen molar-refractivity contribution in [2.24, 2.45) is 5.92 Å². The van der Waals surface area contributed by atoms with Crippen LogP contribution in [0.15, 0.2) is 11.6 Å². The Hall–Kier alpha value is -1.30. The molecule has 0 fully saturated rings. The maximum absolute atomic E-state index is 10.2. The molecule has 0 saturated carbocycles. The van der Waals surface area contributed by atoms with Gasteiger partial charge in [0.1, 0.15) is 11.6 Å². The molecule has 0 heterocycles. The summed E-state index contributed by atoms with van der Waals surface area (Å²) in [6.45, 7) is 3.64. The molecule has 1 N–H and O–H groups in total. The molecule has 0 spiro atoms. The van der Waals surface area contributed by atoms with E-state index in [1.165, 1.54) is 6.08 Å². The van der Waals surface area contributed by atoms with E-state index in [1.54, 1.807) is 6.07 Å². The minimum absolute atomic E-state index is 0.103. The Morgan fingerprint density at radius 1 is 1.70 bits per heavy atom. The highest BCUT2D eigenvalue weighted by atomic mass is 16.4. The molecule has 0 aromatic carbocycles. The van der Waals surface area contributed by atoms with Crippen LogP contribution in [0.5, 0.6) is 0 Å². The molecule has 0 aliphatic rings. The number of hydrogen-bond acceptors (Lipinski definition) is 2. The number of carboxylic acids is 1. The van der Waals surface area contributed by atoms with Crippen LogP contribution in [0.2, 0.25) is 0 Å². The summed E-state index contributed by atoms with van der Waals surface area (Å²) in [4.78, 5) is 10.2. The fraction of sp³-hybridized carbons (Fsp3) is 0.429. The third kappa shape index (κ3) is 2.88. The topological polar surface area (TPSA) is 61.1 Å². The lowest BCUT2D eigenvalue weighted by molar-refractivity contribution is -0.132. The van der Waals surface area contributed by atoms with Crippen molar-refractivity contribution in [2.75, 3.05) is 0 Å². The molecule has 3 heteroatoms.